The zero-order valence-electron chi connectivity index (χ0n) is 20.9. The summed E-state index contributed by atoms with van der Waals surface area (Å²) in [5.74, 6) is -0.153. The van der Waals surface area contributed by atoms with Gasteiger partial charge in [0.25, 0.3) is 0 Å². The summed E-state index contributed by atoms with van der Waals surface area (Å²) in [6.45, 7) is 12.2. The molecule has 0 fully saturated rings. The lowest BCUT2D eigenvalue weighted by atomic mass is 10.1. The standard InChI is InChI=1S/C16H13BrN2O.C13H18FN/c1-10-7-16(11(2)20)19(18-10)15-6-4-12-8-14(17)5-3-13(12)9-15;1-5-8-15(4)11(3)12-7-6-10(2)13(14)9-12/h3-9H,1-2H3;6-7,9H,3,5,8H2,1-2,4H3. The number of fused-ring (bicyclic) bond motifs is 1. The molecule has 0 saturated carbocycles. The molecule has 0 N–H and O–H groups in total. The van der Waals surface area contributed by atoms with Crippen LogP contribution in [-0.2, 0) is 0 Å². The van der Waals surface area contributed by atoms with Gasteiger partial charge in [-0.05, 0) is 73.0 Å². The number of halogens is 2. The van der Waals surface area contributed by atoms with Gasteiger partial charge in [0, 0.05) is 36.2 Å². The van der Waals surface area contributed by atoms with E-state index in [0.29, 0.717) is 11.3 Å². The highest BCUT2D eigenvalue weighted by molar-refractivity contribution is 9.10. The van der Waals surface area contributed by atoms with Crippen molar-refractivity contribution >= 4 is 38.2 Å². The van der Waals surface area contributed by atoms with Crippen molar-refractivity contribution in [3.63, 3.8) is 0 Å². The van der Waals surface area contributed by atoms with Crippen LogP contribution in [0.5, 0.6) is 0 Å². The van der Waals surface area contributed by atoms with Gasteiger partial charge in [0.1, 0.15) is 11.5 Å². The highest BCUT2D eigenvalue weighted by Crippen LogP contribution is 2.23. The Morgan fingerprint density at radius 2 is 1.74 bits per heavy atom. The van der Waals surface area contributed by atoms with Gasteiger partial charge in [0.2, 0.25) is 0 Å². The van der Waals surface area contributed by atoms with Crippen molar-refractivity contribution in [1.82, 2.24) is 14.7 Å². The number of benzene rings is 3. The third-order valence-corrected chi connectivity index (χ3v) is 6.24. The van der Waals surface area contributed by atoms with E-state index in [9.17, 15) is 9.18 Å². The summed E-state index contributed by atoms with van der Waals surface area (Å²) in [4.78, 5) is 13.7. The molecule has 0 aliphatic carbocycles. The SMILES string of the molecule is C=C(c1ccc(C)c(F)c1)N(C)CCC.CC(=O)c1cc(C)nn1-c1ccc2cc(Br)ccc2c1. The first-order valence-corrected chi connectivity index (χ1v) is 12.3. The highest BCUT2D eigenvalue weighted by Gasteiger charge is 2.12. The minimum absolute atomic E-state index is 0.0153. The molecule has 4 rings (SSSR count). The van der Waals surface area contributed by atoms with Crippen LogP contribution < -0.4 is 0 Å². The third-order valence-electron chi connectivity index (χ3n) is 5.75. The topological polar surface area (TPSA) is 38.1 Å². The zero-order chi connectivity index (χ0) is 25.7. The second kappa shape index (κ2) is 11.5. The smallest absolute Gasteiger partial charge is 0.178 e. The van der Waals surface area contributed by atoms with E-state index < -0.39 is 0 Å². The fraction of sp³-hybridized carbons (Fsp3) is 0.241. The van der Waals surface area contributed by atoms with Gasteiger partial charge in [-0.25, -0.2) is 9.07 Å². The molecule has 0 unspecified atom stereocenters. The summed E-state index contributed by atoms with van der Waals surface area (Å²) in [5.41, 5.74) is 4.75. The maximum absolute atomic E-state index is 13.3. The Morgan fingerprint density at radius 3 is 2.40 bits per heavy atom. The Morgan fingerprint density at radius 1 is 1.06 bits per heavy atom. The lowest BCUT2D eigenvalue weighted by Crippen LogP contribution is -2.16. The summed E-state index contributed by atoms with van der Waals surface area (Å²) in [5, 5.41) is 6.68. The molecule has 0 aliphatic rings. The van der Waals surface area contributed by atoms with Gasteiger partial charge in [0.05, 0.1) is 11.4 Å². The maximum atomic E-state index is 13.3. The van der Waals surface area contributed by atoms with Crippen molar-refractivity contribution in [2.75, 3.05) is 13.6 Å². The molecule has 0 amide bonds. The van der Waals surface area contributed by atoms with Crippen molar-refractivity contribution < 1.29 is 9.18 Å². The Kier molecular flexibility index (Phi) is 8.62. The molecule has 35 heavy (non-hydrogen) atoms. The van der Waals surface area contributed by atoms with Crippen LogP contribution in [-0.4, -0.2) is 34.1 Å². The van der Waals surface area contributed by atoms with Crippen molar-refractivity contribution in [3.8, 4) is 5.69 Å². The molecule has 1 heterocycles. The van der Waals surface area contributed by atoms with Crippen LogP contribution in [0.2, 0.25) is 0 Å². The Bertz CT molecular complexity index is 1380. The van der Waals surface area contributed by atoms with Crippen LogP contribution in [0.3, 0.4) is 0 Å². The van der Waals surface area contributed by atoms with Crippen molar-refractivity contribution in [2.24, 2.45) is 0 Å². The first-order valence-electron chi connectivity index (χ1n) is 11.5. The quantitative estimate of drug-likeness (QED) is 0.237. The average Bonchev–Trinajstić information content (AvgIpc) is 3.22. The van der Waals surface area contributed by atoms with E-state index in [1.807, 2.05) is 61.3 Å². The molecule has 182 valence electrons. The predicted molar refractivity (Wildman–Crippen MR) is 147 cm³/mol. The van der Waals surface area contributed by atoms with E-state index in [1.54, 1.807) is 30.7 Å². The molecule has 4 nitrogen and oxygen atoms in total. The monoisotopic (exact) mass is 535 g/mol. The van der Waals surface area contributed by atoms with E-state index in [-0.39, 0.29) is 11.6 Å². The zero-order valence-corrected chi connectivity index (χ0v) is 22.5. The Hall–Kier alpha value is -3.25. The number of hydrogen-bond donors (Lipinski definition) is 0. The summed E-state index contributed by atoms with van der Waals surface area (Å²) in [7, 11) is 1.98. The number of nitrogens with zero attached hydrogens (tertiary/aromatic N) is 3. The largest absolute Gasteiger partial charge is 0.375 e. The maximum Gasteiger partial charge on any atom is 0.178 e. The van der Waals surface area contributed by atoms with Crippen molar-refractivity contribution in [2.45, 2.75) is 34.1 Å². The number of hydrogen-bond acceptors (Lipinski definition) is 3. The van der Waals surface area contributed by atoms with Crippen LogP contribution in [0.25, 0.3) is 22.2 Å². The number of aromatic nitrogens is 2. The fourth-order valence-electron chi connectivity index (χ4n) is 3.75. The number of Topliss-reactive ketones (excluding diaryl/α,β-unsaturated/α-hetero) is 1. The molecule has 4 aromatic rings. The normalized spacial score (nSPS) is 10.6. The molecular formula is C29H31BrFN3O. The van der Waals surface area contributed by atoms with Crippen molar-refractivity contribution in [3.05, 3.63) is 100 Å². The molecule has 0 aliphatic heterocycles. The second-order valence-electron chi connectivity index (χ2n) is 8.65. The van der Waals surface area contributed by atoms with Crippen LogP contribution in [0.15, 0.2) is 71.7 Å². The van der Waals surface area contributed by atoms with Crippen LogP contribution in [0.4, 0.5) is 4.39 Å². The molecule has 6 heteroatoms. The molecule has 0 atom stereocenters. The molecular weight excluding hydrogens is 505 g/mol. The lowest BCUT2D eigenvalue weighted by Gasteiger charge is -2.21. The van der Waals surface area contributed by atoms with E-state index in [1.165, 1.54) is 0 Å². The summed E-state index contributed by atoms with van der Waals surface area (Å²) in [6, 6.07) is 19.2. The lowest BCUT2D eigenvalue weighted by molar-refractivity contribution is 0.101. The first kappa shape index (κ1) is 26.4. The van der Waals surface area contributed by atoms with E-state index in [4.69, 9.17) is 0 Å². The van der Waals surface area contributed by atoms with Gasteiger partial charge in [0.15, 0.2) is 5.78 Å². The summed E-state index contributed by atoms with van der Waals surface area (Å²) >= 11 is 3.47. The molecule has 1 aromatic heterocycles. The summed E-state index contributed by atoms with van der Waals surface area (Å²) in [6.07, 6.45) is 1.06. The van der Waals surface area contributed by atoms with E-state index in [2.05, 4.69) is 40.6 Å². The van der Waals surface area contributed by atoms with Crippen LogP contribution >= 0.6 is 15.9 Å². The fourth-order valence-corrected chi connectivity index (χ4v) is 4.12. The van der Waals surface area contributed by atoms with Gasteiger partial charge in [-0.1, -0.05) is 53.7 Å². The van der Waals surface area contributed by atoms with Gasteiger partial charge in [-0.2, -0.15) is 5.10 Å². The van der Waals surface area contributed by atoms with E-state index in [0.717, 1.165) is 50.9 Å². The third kappa shape index (κ3) is 6.45. The summed E-state index contributed by atoms with van der Waals surface area (Å²) < 4.78 is 16.1. The van der Waals surface area contributed by atoms with Crippen LogP contribution in [0.1, 0.15) is 47.6 Å². The number of carbonyl (C=O) groups excluding carboxylic acids is 1. The number of carbonyl (C=O) groups is 1. The minimum Gasteiger partial charge on any atom is -0.375 e. The Balaban J connectivity index is 0.000000205. The highest BCUT2D eigenvalue weighted by atomic mass is 79.9. The van der Waals surface area contributed by atoms with Gasteiger partial charge in [-0.3, -0.25) is 4.79 Å². The predicted octanol–water partition coefficient (Wildman–Crippen LogP) is 7.75. The molecule has 0 radical (unpaired) electrons. The second-order valence-corrected chi connectivity index (χ2v) is 9.56. The number of ketones is 1. The van der Waals surface area contributed by atoms with E-state index >= 15 is 0 Å². The Labute approximate surface area is 215 Å². The molecule has 0 saturated heterocycles. The average molecular weight is 536 g/mol. The molecule has 0 bridgehead atoms. The van der Waals surface area contributed by atoms with Gasteiger partial charge in [-0.15, -0.1) is 0 Å². The molecule has 0 spiro atoms. The van der Waals surface area contributed by atoms with Crippen LogP contribution in [0, 0.1) is 19.7 Å². The van der Waals surface area contributed by atoms with Gasteiger partial charge >= 0.3 is 0 Å². The van der Waals surface area contributed by atoms with Gasteiger partial charge < -0.3 is 4.90 Å². The first-order chi connectivity index (χ1) is 16.6. The number of rotatable bonds is 6. The molecule has 3 aromatic carbocycles. The minimum atomic E-state index is -0.168. The van der Waals surface area contributed by atoms with Crippen molar-refractivity contribution in [1.29, 1.82) is 0 Å². The number of aryl methyl sites for hydroxylation is 2.